The van der Waals surface area contributed by atoms with Crippen molar-refractivity contribution >= 4 is 11.7 Å². The van der Waals surface area contributed by atoms with Crippen molar-refractivity contribution in [2.75, 3.05) is 46.4 Å². The van der Waals surface area contributed by atoms with Crippen LogP contribution in [0.2, 0.25) is 0 Å². The summed E-state index contributed by atoms with van der Waals surface area (Å²) in [4.78, 5) is 11.1. The number of nitrogen functional groups attached to an aromatic ring is 1. The van der Waals surface area contributed by atoms with Crippen molar-refractivity contribution in [1.29, 1.82) is 0 Å². The number of benzene rings is 1. The normalized spacial score (nSPS) is 10.3. The van der Waals surface area contributed by atoms with Gasteiger partial charge in [0.2, 0.25) is 0 Å². The molecule has 0 saturated carbocycles. The number of hydrogen-bond donors (Lipinski definition) is 2. The fraction of sp³-hybridized carbons (Fsp3) is 0.462. The molecular weight excluding hydrogens is 266 g/mol. The topological polar surface area (TPSA) is 100 Å². The third-order valence-corrected chi connectivity index (χ3v) is 2.44. The van der Waals surface area contributed by atoms with Gasteiger partial charge in [0.1, 0.15) is 13.2 Å². The van der Waals surface area contributed by atoms with Crippen LogP contribution < -0.4 is 15.2 Å². The van der Waals surface area contributed by atoms with Gasteiger partial charge in [-0.25, -0.2) is 4.79 Å². The molecule has 0 aliphatic rings. The van der Waals surface area contributed by atoms with Crippen molar-refractivity contribution in [1.82, 2.24) is 0 Å². The zero-order valence-electron chi connectivity index (χ0n) is 11.5. The lowest BCUT2D eigenvalue weighted by molar-refractivity contribution is 0.0697. The highest BCUT2D eigenvalue weighted by Gasteiger charge is 2.15. The zero-order chi connectivity index (χ0) is 15.0. The number of carboxylic acids is 1. The molecule has 1 aromatic carbocycles. The number of anilines is 1. The van der Waals surface area contributed by atoms with Crippen molar-refractivity contribution in [2.45, 2.75) is 0 Å². The van der Waals surface area contributed by atoms with E-state index in [-0.39, 0.29) is 17.9 Å². The second kappa shape index (κ2) is 8.23. The van der Waals surface area contributed by atoms with Gasteiger partial charge < -0.3 is 29.8 Å². The highest BCUT2D eigenvalue weighted by atomic mass is 16.5. The van der Waals surface area contributed by atoms with Crippen molar-refractivity contribution in [3.05, 3.63) is 17.7 Å². The molecule has 0 aromatic heterocycles. The summed E-state index contributed by atoms with van der Waals surface area (Å²) in [6.45, 7) is 1.37. The molecule has 0 bridgehead atoms. The van der Waals surface area contributed by atoms with Crippen LogP contribution >= 0.6 is 0 Å². The van der Waals surface area contributed by atoms with Gasteiger partial charge in [-0.2, -0.15) is 0 Å². The number of carboxylic acid groups (broad SMARTS) is 1. The summed E-state index contributed by atoms with van der Waals surface area (Å²) in [7, 11) is 3.10. The molecule has 0 saturated heterocycles. The largest absolute Gasteiger partial charge is 0.487 e. The molecule has 0 aliphatic heterocycles. The Morgan fingerprint density at radius 3 is 2.00 bits per heavy atom. The average Bonchev–Trinajstić information content (AvgIpc) is 2.41. The second-order valence-electron chi connectivity index (χ2n) is 3.87. The molecule has 0 heterocycles. The zero-order valence-corrected chi connectivity index (χ0v) is 11.5. The third-order valence-electron chi connectivity index (χ3n) is 2.44. The van der Waals surface area contributed by atoms with E-state index in [1.807, 2.05) is 0 Å². The maximum atomic E-state index is 11.1. The Kier molecular flexibility index (Phi) is 6.61. The SMILES string of the molecule is COCCOc1cc(N)c(C(=O)O)cc1OCCOC. The Labute approximate surface area is 117 Å². The van der Waals surface area contributed by atoms with E-state index in [0.29, 0.717) is 31.3 Å². The van der Waals surface area contributed by atoms with Gasteiger partial charge in [0, 0.05) is 26.4 Å². The molecule has 0 aliphatic carbocycles. The monoisotopic (exact) mass is 285 g/mol. The van der Waals surface area contributed by atoms with Crippen LogP contribution in [-0.2, 0) is 9.47 Å². The third kappa shape index (κ3) is 4.60. The molecule has 20 heavy (non-hydrogen) atoms. The molecule has 112 valence electrons. The van der Waals surface area contributed by atoms with Crippen molar-refractivity contribution in [3.63, 3.8) is 0 Å². The molecule has 0 atom stereocenters. The predicted octanol–water partition coefficient (Wildman–Crippen LogP) is 1.02. The summed E-state index contributed by atoms with van der Waals surface area (Å²) in [6.07, 6.45) is 0. The number of rotatable bonds is 9. The van der Waals surface area contributed by atoms with E-state index in [9.17, 15) is 4.79 Å². The minimum absolute atomic E-state index is 0.0310. The molecule has 7 nitrogen and oxygen atoms in total. The van der Waals surface area contributed by atoms with E-state index in [0.717, 1.165) is 0 Å². The summed E-state index contributed by atoms with van der Waals surface area (Å²) in [5.74, 6) is -0.437. The summed E-state index contributed by atoms with van der Waals surface area (Å²) in [5, 5.41) is 9.05. The quantitative estimate of drug-likeness (QED) is 0.516. The minimum Gasteiger partial charge on any atom is -0.487 e. The molecule has 0 spiro atoms. The van der Waals surface area contributed by atoms with Gasteiger partial charge in [-0.1, -0.05) is 0 Å². The molecular formula is C13H19NO6. The van der Waals surface area contributed by atoms with Gasteiger partial charge in [0.25, 0.3) is 0 Å². The molecule has 3 N–H and O–H groups in total. The molecule has 0 fully saturated rings. The van der Waals surface area contributed by atoms with Crippen molar-refractivity contribution in [3.8, 4) is 11.5 Å². The lowest BCUT2D eigenvalue weighted by Gasteiger charge is -2.14. The molecule has 0 radical (unpaired) electrons. The van der Waals surface area contributed by atoms with Crippen LogP contribution in [0.5, 0.6) is 11.5 Å². The number of carbonyl (C=O) groups is 1. The van der Waals surface area contributed by atoms with E-state index >= 15 is 0 Å². The van der Waals surface area contributed by atoms with Crippen LogP contribution in [0.3, 0.4) is 0 Å². The molecule has 7 heteroatoms. The highest BCUT2D eigenvalue weighted by molar-refractivity contribution is 5.94. The smallest absolute Gasteiger partial charge is 0.337 e. The van der Waals surface area contributed by atoms with Crippen molar-refractivity contribution in [2.24, 2.45) is 0 Å². The first-order valence-corrected chi connectivity index (χ1v) is 6.00. The summed E-state index contributed by atoms with van der Waals surface area (Å²) in [5.41, 5.74) is 5.76. The van der Waals surface area contributed by atoms with Crippen LogP contribution in [0.25, 0.3) is 0 Å². The standard InChI is InChI=1S/C13H19NO6/c1-17-3-5-19-11-7-9(13(15)16)10(14)8-12(11)20-6-4-18-2/h7-8H,3-6,14H2,1-2H3,(H,15,16). The maximum Gasteiger partial charge on any atom is 0.337 e. The second-order valence-corrected chi connectivity index (χ2v) is 3.87. The number of hydrogen-bond acceptors (Lipinski definition) is 6. The van der Waals surface area contributed by atoms with E-state index in [1.165, 1.54) is 12.1 Å². The first-order valence-electron chi connectivity index (χ1n) is 6.00. The molecule has 1 rings (SSSR count). The van der Waals surface area contributed by atoms with Crippen molar-refractivity contribution < 1.29 is 28.8 Å². The summed E-state index contributed by atoms with van der Waals surface area (Å²) in [6, 6.07) is 2.77. The predicted molar refractivity (Wildman–Crippen MR) is 72.6 cm³/mol. The maximum absolute atomic E-state index is 11.1. The Bertz CT molecular complexity index is 449. The first-order chi connectivity index (χ1) is 9.60. The van der Waals surface area contributed by atoms with E-state index in [1.54, 1.807) is 14.2 Å². The number of methoxy groups -OCH3 is 2. The van der Waals surface area contributed by atoms with Crippen LogP contribution in [0.4, 0.5) is 5.69 Å². The highest BCUT2D eigenvalue weighted by Crippen LogP contribution is 2.32. The van der Waals surface area contributed by atoms with Gasteiger partial charge >= 0.3 is 5.97 Å². The summed E-state index contributed by atoms with van der Waals surface area (Å²) < 4.78 is 20.7. The van der Waals surface area contributed by atoms with Gasteiger partial charge in [0.05, 0.1) is 24.5 Å². The Hall–Kier alpha value is -1.99. The van der Waals surface area contributed by atoms with Crippen LogP contribution in [0.15, 0.2) is 12.1 Å². The molecule has 0 amide bonds. The summed E-state index contributed by atoms with van der Waals surface area (Å²) >= 11 is 0. The lowest BCUT2D eigenvalue weighted by atomic mass is 10.1. The fourth-order valence-corrected chi connectivity index (χ4v) is 1.46. The number of ether oxygens (including phenoxy) is 4. The molecule has 1 aromatic rings. The van der Waals surface area contributed by atoms with Gasteiger partial charge in [0.15, 0.2) is 11.5 Å². The van der Waals surface area contributed by atoms with Crippen LogP contribution in [0.1, 0.15) is 10.4 Å². The van der Waals surface area contributed by atoms with Gasteiger partial charge in [-0.3, -0.25) is 0 Å². The average molecular weight is 285 g/mol. The van der Waals surface area contributed by atoms with Crippen LogP contribution in [-0.4, -0.2) is 51.7 Å². The lowest BCUT2D eigenvalue weighted by Crippen LogP contribution is -2.11. The Morgan fingerprint density at radius 2 is 1.55 bits per heavy atom. The Morgan fingerprint density at radius 1 is 1.05 bits per heavy atom. The number of aromatic carboxylic acids is 1. The minimum atomic E-state index is -1.12. The van der Waals surface area contributed by atoms with E-state index < -0.39 is 5.97 Å². The van der Waals surface area contributed by atoms with Crippen LogP contribution in [0, 0.1) is 0 Å². The first kappa shape index (κ1) is 16.1. The van der Waals surface area contributed by atoms with Gasteiger partial charge in [-0.05, 0) is 0 Å². The fourth-order valence-electron chi connectivity index (χ4n) is 1.46. The molecule has 0 unspecified atom stereocenters. The van der Waals surface area contributed by atoms with E-state index in [2.05, 4.69) is 0 Å². The number of nitrogens with two attached hydrogens (primary N) is 1. The Balaban J connectivity index is 2.93. The van der Waals surface area contributed by atoms with E-state index in [4.69, 9.17) is 29.8 Å². The van der Waals surface area contributed by atoms with Gasteiger partial charge in [-0.15, -0.1) is 0 Å².